The molecule has 6 heteroatoms. The van der Waals surface area contributed by atoms with Crippen LogP contribution in [-0.4, -0.2) is 48.4 Å². The van der Waals surface area contributed by atoms with E-state index in [1.807, 2.05) is 18.2 Å². The van der Waals surface area contributed by atoms with E-state index in [2.05, 4.69) is 45.1 Å². The molecule has 0 radical (unpaired) electrons. The first-order chi connectivity index (χ1) is 10.0. The number of hydrogen-bond acceptors (Lipinski definition) is 4. The number of nitrogens with zero attached hydrogens (tertiary/aromatic N) is 2. The molecule has 1 fully saturated rings. The Bertz CT molecular complexity index is 508. The molecule has 1 unspecified atom stereocenters. The number of benzene rings is 1. The molecule has 0 aliphatic carbocycles. The number of halogens is 1. The van der Waals surface area contributed by atoms with Gasteiger partial charge in [0.25, 0.3) is 5.91 Å². The van der Waals surface area contributed by atoms with E-state index >= 15 is 0 Å². The highest BCUT2D eigenvalue weighted by Gasteiger charge is 2.23. The second-order valence-electron chi connectivity index (χ2n) is 5.56. The molecule has 1 aromatic carbocycles. The van der Waals surface area contributed by atoms with Crippen molar-refractivity contribution in [1.82, 2.24) is 15.2 Å². The minimum absolute atomic E-state index is 0.270. The molecule has 0 spiro atoms. The minimum Gasteiger partial charge on any atom is -0.301 e. The van der Waals surface area contributed by atoms with Crippen molar-refractivity contribution in [2.75, 3.05) is 26.7 Å². The van der Waals surface area contributed by atoms with Crippen molar-refractivity contribution in [2.45, 2.75) is 25.9 Å². The van der Waals surface area contributed by atoms with Gasteiger partial charge in [-0.25, -0.2) is 5.84 Å². The molecule has 0 aromatic heterocycles. The van der Waals surface area contributed by atoms with Gasteiger partial charge in [-0.05, 0) is 31.2 Å². The molecule has 3 N–H and O–H groups in total. The number of nitrogen functional groups attached to an aromatic ring is 1. The lowest BCUT2D eigenvalue weighted by molar-refractivity contribution is 0.0882. The number of likely N-dealkylation sites (N-methyl/N-ethyl adjacent to an activating group) is 1. The average Bonchev–Trinajstić information content (AvgIpc) is 2.50. The second-order valence-corrected chi connectivity index (χ2v) is 6.41. The van der Waals surface area contributed by atoms with Crippen LogP contribution >= 0.6 is 15.9 Å². The Kier molecular flexibility index (Phi) is 5.75. The van der Waals surface area contributed by atoms with Gasteiger partial charge in [0.15, 0.2) is 0 Å². The topological polar surface area (TPSA) is 61.6 Å². The highest BCUT2D eigenvalue weighted by Crippen LogP contribution is 2.22. The van der Waals surface area contributed by atoms with Gasteiger partial charge < -0.3 is 4.90 Å². The van der Waals surface area contributed by atoms with Gasteiger partial charge in [0.1, 0.15) is 0 Å². The number of piperazine rings is 1. The van der Waals surface area contributed by atoms with Gasteiger partial charge >= 0.3 is 0 Å². The van der Waals surface area contributed by atoms with Crippen molar-refractivity contribution in [3.05, 3.63) is 33.8 Å². The van der Waals surface area contributed by atoms with Crippen LogP contribution < -0.4 is 11.3 Å². The van der Waals surface area contributed by atoms with Gasteiger partial charge in [-0.15, -0.1) is 0 Å². The first-order valence-corrected chi connectivity index (χ1v) is 8.06. The van der Waals surface area contributed by atoms with Crippen LogP contribution in [0.1, 0.15) is 29.3 Å². The molecule has 1 aliphatic heterocycles. The predicted molar refractivity (Wildman–Crippen MR) is 87.8 cm³/mol. The molecule has 1 heterocycles. The summed E-state index contributed by atoms with van der Waals surface area (Å²) in [6.45, 7) is 6.40. The molecule has 1 saturated heterocycles. The Balaban J connectivity index is 2.04. The Morgan fingerprint density at radius 3 is 2.86 bits per heavy atom. The fourth-order valence-corrected chi connectivity index (χ4v) is 3.24. The van der Waals surface area contributed by atoms with Gasteiger partial charge in [-0.1, -0.05) is 28.9 Å². The monoisotopic (exact) mass is 354 g/mol. The average molecular weight is 355 g/mol. The Hall–Kier alpha value is -0.950. The number of nitrogens with two attached hydrogens (primary N) is 1. The third-order valence-corrected chi connectivity index (χ3v) is 4.91. The minimum atomic E-state index is -0.270. The van der Waals surface area contributed by atoms with Gasteiger partial charge in [-0.2, -0.15) is 0 Å². The molecule has 0 bridgehead atoms. The van der Waals surface area contributed by atoms with E-state index in [4.69, 9.17) is 5.84 Å². The zero-order valence-corrected chi connectivity index (χ0v) is 14.2. The summed E-state index contributed by atoms with van der Waals surface area (Å²) in [6.07, 6.45) is 1.17. The van der Waals surface area contributed by atoms with Gasteiger partial charge in [0.2, 0.25) is 0 Å². The van der Waals surface area contributed by atoms with Crippen LogP contribution in [0.15, 0.2) is 22.7 Å². The lowest BCUT2D eigenvalue weighted by atomic mass is 10.1. The SMILES string of the molecule is CCC1CN(Cc2ccc(C(=O)NN)cc2Br)CCN1C. The van der Waals surface area contributed by atoms with E-state index in [0.29, 0.717) is 11.6 Å². The van der Waals surface area contributed by atoms with Crippen LogP contribution in [0.5, 0.6) is 0 Å². The van der Waals surface area contributed by atoms with Crippen molar-refractivity contribution >= 4 is 21.8 Å². The number of nitrogens with one attached hydrogen (secondary N) is 1. The number of rotatable bonds is 4. The summed E-state index contributed by atoms with van der Waals surface area (Å²) >= 11 is 3.56. The summed E-state index contributed by atoms with van der Waals surface area (Å²) in [5.74, 6) is 4.89. The fraction of sp³-hybridized carbons (Fsp3) is 0.533. The zero-order chi connectivity index (χ0) is 15.4. The molecular weight excluding hydrogens is 332 g/mol. The highest BCUT2D eigenvalue weighted by molar-refractivity contribution is 9.10. The zero-order valence-electron chi connectivity index (χ0n) is 12.6. The standard InChI is InChI=1S/C15H23BrN4O/c1-3-13-10-20(7-6-19(13)2)9-12-5-4-11(8-14(12)16)15(21)18-17/h4-5,8,13H,3,6-7,9-10,17H2,1-2H3,(H,18,21). The largest absolute Gasteiger partial charge is 0.301 e. The van der Waals surface area contributed by atoms with E-state index in [-0.39, 0.29) is 5.91 Å². The van der Waals surface area contributed by atoms with Crippen LogP contribution in [0.4, 0.5) is 0 Å². The Morgan fingerprint density at radius 1 is 1.48 bits per heavy atom. The van der Waals surface area contributed by atoms with E-state index in [1.54, 1.807) is 0 Å². The predicted octanol–water partition coefficient (Wildman–Crippen LogP) is 1.58. The van der Waals surface area contributed by atoms with E-state index in [1.165, 1.54) is 12.0 Å². The molecule has 2 rings (SSSR count). The quantitative estimate of drug-likeness (QED) is 0.489. The van der Waals surface area contributed by atoms with Crippen LogP contribution in [0.2, 0.25) is 0 Å². The third kappa shape index (κ3) is 4.03. The molecule has 0 saturated carbocycles. The second kappa shape index (κ2) is 7.35. The van der Waals surface area contributed by atoms with E-state index < -0.39 is 0 Å². The van der Waals surface area contributed by atoms with Crippen molar-refractivity contribution < 1.29 is 4.79 Å². The van der Waals surface area contributed by atoms with Crippen LogP contribution in [0, 0.1) is 0 Å². The molecule has 21 heavy (non-hydrogen) atoms. The normalized spacial score (nSPS) is 20.5. The maximum Gasteiger partial charge on any atom is 0.265 e. The Labute approximate surface area is 134 Å². The van der Waals surface area contributed by atoms with Crippen molar-refractivity contribution in [1.29, 1.82) is 0 Å². The maximum absolute atomic E-state index is 11.5. The summed E-state index contributed by atoms with van der Waals surface area (Å²) in [6, 6.07) is 6.26. The fourth-order valence-electron chi connectivity index (χ4n) is 2.74. The highest BCUT2D eigenvalue weighted by atomic mass is 79.9. The molecule has 116 valence electrons. The number of carbonyl (C=O) groups excluding carboxylic acids is 1. The van der Waals surface area contributed by atoms with Crippen molar-refractivity contribution in [3.8, 4) is 0 Å². The summed E-state index contributed by atoms with van der Waals surface area (Å²) in [5, 5.41) is 0. The number of hydrogen-bond donors (Lipinski definition) is 2. The van der Waals surface area contributed by atoms with Crippen LogP contribution in [0.25, 0.3) is 0 Å². The van der Waals surface area contributed by atoms with Gasteiger partial charge in [0.05, 0.1) is 0 Å². The molecule has 5 nitrogen and oxygen atoms in total. The van der Waals surface area contributed by atoms with Crippen molar-refractivity contribution in [2.24, 2.45) is 5.84 Å². The number of hydrazine groups is 1. The van der Waals surface area contributed by atoms with Crippen LogP contribution in [-0.2, 0) is 6.54 Å². The molecule has 1 atom stereocenters. The lowest BCUT2D eigenvalue weighted by Crippen LogP contribution is -2.50. The molecular formula is C15H23BrN4O. The lowest BCUT2D eigenvalue weighted by Gasteiger charge is -2.39. The van der Waals surface area contributed by atoms with Crippen molar-refractivity contribution in [3.63, 3.8) is 0 Å². The number of amides is 1. The van der Waals surface area contributed by atoms with Gasteiger partial charge in [-0.3, -0.25) is 15.1 Å². The Morgan fingerprint density at radius 2 is 2.24 bits per heavy atom. The number of carbonyl (C=O) groups is 1. The van der Waals surface area contributed by atoms with E-state index in [0.717, 1.165) is 30.7 Å². The van der Waals surface area contributed by atoms with Crippen LogP contribution in [0.3, 0.4) is 0 Å². The third-order valence-electron chi connectivity index (χ3n) is 4.17. The summed E-state index contributed by atoms with van der Waals surface area (Å²) in [7, 11) is 2.20. The van der Waals surface area contributed by atoms with Gasteiger partial charge in [0, 0.05) is 42.3 Å². The first kappa shape index (κ1) is 16.4. The summed E-state index contributed by atoms with van der Waals surface area (Å²) < 4.78 is 0.954. The molecule has 1 amide bonds. The maximum atomic E-state index is 11.5. The molecule has 1 aliphatic rings. The first-order valence-electron chi connectivity index (χ1n) is 7.27. The smallest absolute Gasteiger partial charge is 0.265 e. The summed E-state index contributed by atoms with van der Waals surface area (Å²) in [5.41, 5.74) is 3.92. The summed E-state index contributed by atoms with van der Waals surface area (Å²) in [4.78, 5) is 16.4. The molecule has 1 aromatic rings. The van der Waals surface area contributed by atoms with E-state index in [9.17, 15) is 4.79 Å².